The zero-order valence-electron chi connectivity index (χ0n) is 45.2. The molecule has 0 aliphatic carbocycles. The first kappa shape index (κ1) is 65.5. The highest BCUT2D eigenvalue weighted by Gasteiger charge is 2.26. The van der Waals surface area contributed by atoms with Crippen LogP contribution in [0.4, 0.5) is 0 Å². The molecule has 0 aromatic heterocycles. The first-order valence-electron chi connectivity index (χ1n) is 29.3. The largest absolute Gasteiger partial charge is 0.472 e. The van der Waals surface area contributed by atoms with Gasteiger partial charge in [0.25, 0.3) is 0 Å². The number of hydrogen-bond acceptors (Lipinski definition) is 6. The first-order valence-corrected chi connectivity index (χ1v) is 30.8. The molecule has 9 heteroatoms. The van der Waals surface area contributed by atoms with Gasteiger partial charge in [-0.3, -0.25) is 13.8 Å². The number of quaternary nitrogens is 1. The van der Waals surface area contributed by atoms with Gasteiger partial charge in [-0.15, -0.1) is 0 Å². The van der Waals surface area contributed by atoms with Crippen molar-refractivity contribution in [2.75, 3.05) is 54.1 Å². The summed E-state index contributed by atoms with van der Waals surface area (Å²) in [5, 5.41) is 0. The van der Waals surface area contributed by atoms with Gasteiger partial charge in [-0.25, -0.2) is 4.57 Å². The Labute approximate surface area is 412 Å². The maximum Gasteiger partial charge on any atom is 0.472 e. The van der Waals surface area contributed by atoms with Crippen LogP contribution in [0.25, 0.3) is 0 Å². The van der Waals surface area contributed by atoms with Crippen molar-refractivity contribution in [1.82, 2.24) is 0 Å². The minimum absolute atomic E-state index is 0.0945. The molecule has 2 atom stereocenters. The number of ether oxygens (including phenoxy) is 2. The van der Waals surface area contributed by atoms with E-state index in [1.54, 1.807) is 0 Å². The van der Waals surface area contributed by atoms with Crippen LogP contribution in [-0.2, 0) is 27.9 Å². The Morgan fingerprint density at radius 2 is 0.697 bits per heavy atom. The van der Waals surface area contributed by atoms with Crippen LogP contribution >= 0.6 is 7.82 Å². The molecule has 0 radical (unpaired) electrons. The molecule has 0 heterocycles. The van der Waals surface area contributed by atoms with Crippen molar-refractivity contribution in [2.45, 2.75) is 309 Å². The molecule has 0 saturated carbocycles. The molecule has 0 fully saturated rings. The van der Waals surface area contributed by atoms with Crippen LogP contribution in [0, 0.1) is 0 Å². The van der Waals surface area contributed by atoms with E-state index in [1.165, 1.54) is 250 Å². The summed E-state index contributed by atoms with van der Waals surface area (Å²) in [5.74, 6) is -0.303. The summed E-state index contributed by atoms with van der Waals surface area (Å²) in [7, 11) is 1.69. The summed E-state index contributed by atoms with van der Waals surface area (Å²) in [4.78, 5) is 23.1. The summed E-state index contributed by atoms with van der Waals surface area (Å²) in [6.45, 7) is 5.72. The van der Waals surface area contributed by atoms with Crippen LogP contribution in [0.3, 0.4) is 0 Å². The maximum absolute atomic E-state index is 12.8. The number of likely N-dealkylation sites (N-methyl/N-ethyl adjacent to an activating group) is 1. The molecule has 8 nitrogen and oxygen atoms in total. The Balaban J connectivity index is 3.99. The maximum atomic E-state index is 12.8. The van der Waals surface area contributed by atoms with Crippen molar-refractivity contribution in [1.29, 1.82) is 0 Å². The lowest BCUT2D eigenvalue weighted by atomic mass is 10.0. The van der Waals surface area contributed by atoms with E-state index in [1.807, 2.05) is 21.1 Å². The van der Waals surface area contributed by atoms with E-state index in [4.69, 9.17) is 18.5 Å². The summed E-state index contributed by atoms with van der Waals surface area (Å²) in [6.07, 6.45) is 58.8. The van der Waals surface area contributed by atoms with Crippen molar-refractivity contribution in [2.24, 2.45) is 0 Å². The molecule has 396 valence electrons. The average Bonchev–Trinajstić information content (AvgIpc) is 3.28. The topological polar surface area (TPSA) is 91.3 Å². The van der Waals surface area contributed by atoms with Gasteiger partial charge in [0.05, 0.1) is 34.4 Å². The number of carbonyl (C=O) groups is 1. The minimum Gasteiger partial charge on any atom is -0.457 e. The van der Waals surface area contributed by atoms with Gasteiger partial charge in [-0.2, -0.15) is 0 Å². The molecule has 0 spiro atoms. The van der Waals surface area contributed by atoms with E-state index in [-0.39, 0.29) is 25.8 Å². The smallest absolute Gasteiger partial charge is 0.457 e. The highest BCUT2D eigenvalue weighted by molar-refractivity contribution is 7.47. The normalized spacial score (nSPS) is 13.4. The number of phosphoric ester groups is 1. The van der Waals surface area contributed by atoms with Gasteiger partial charge >= 0.3 is 13.8 Å². The molecule has 0 saturated heterocycles. The summed E-state index contributed by atoms with van der Waals surface area (Å²) < 4.78 is 35.3. The van der Waals surface area contributed by atoms with Gasteiger partial charge in [0.1, 0.15) is 19.3 Å². The Morgan fingerprint density at radius 3 is 1.00 bits per heavy atom. The molecule has 0 aliphatic heterocycles. The Hall–Kier alpha value is -0.500. The van der Waals surface area contributed by atoms with Crippen molar-refractivity contribution < 1.29 is 37.3 Å². The minimum atomic E-state index is -4.28. The second-order valence-corrected chi connectivity index (χ2v) is 22.9. The van der Waals surface area contributed by atoms with E-state index < -0.39 is 13.9 Å². The average molecular weight is 960 g/mol. The Bertz CT molecular complexity index is 1020. The number of unbranched alkanes of at least 4 members (excludes halogenated alkanes) is 42. The monoisotopic (exact) mass is 959 g/mol. The number of phosphoric acid groups is 1. The van der Waals surface area contributed by atoms with E-state index in [0.717, 1.165) is 32.1 Å². The lowest BCUT2D eigenvalue weighted by molar-refractivity contribution is -0.870. The zero-order valence-corrected chi connectivity index (χ0v) is 46.1. The third-order valence-electron chi connectivity index (χ3n) is 13.4. The second-order valence-electron chi connectivity index (χ2n) is 21.4. The molecule has 0 rings (SSSR count). The summed E-state index contributed by atoms with van der Waals surface area (Å²) in [6, 6.07) is 0. The van der Waals surface area contributed by atoms with Crippen molar-refractivity contribution >= 4 is 13.8 Å². The van der Waals surface area contributed by atoms with Crippen LogP contribution in [0.5, 0.6) is 0 Å². The second kappa shape index (κ2) is 50.9. The predicted octanol–water partition coefficient (Wildman–Crippen LogP) is 18.3. The summed E-state index contributed by atoms with van der Waals surface area (Å²) >= 11 is 0. The Morgan fingerprint density at radius 1 is 0.409 bits per heavy atom. The van der Waals surface area contributed by atoms with Crippen molar-refractivity contribution in [3.8, 4) is 0 Å². The predicted molar refractivity (Wildman–Crippen MR) is 284 cm³/mol. The third-order valence-corrected chi connectivity index (χ3v) is 14.4. The number of esters is 1. The van der Waals surface area contributed by atoms with Gasteiger partial charge in [-0.1, -0.05) is 284 Å². The highest BCUT2D eigenvalue weighted by Crippen LogP contribution is 2.43. The van der Waals surface area contributed by atoms with Gasteiger partial charge in [0.15, 0.2) is 0 Å². The fraction of sp³-hybridized carbons (Fsp3) is 0.982. The van der Waals surface area contributed by atoms with Gasteiger partial charge in [0.2, 0.25) is 0 Å². The Kier molecular flexibility index (Phi) is 50.5. The lowest BCUT2D eigenvalue weighted by Crippen LogP contribution is -2.37. The molecule has 0 bridgehead atoms. The number of nitrogens with zero attached hydrogens (tertiary/aromatic N) is 1. The molecular weight excluding hydrogens is 842 g/mol. The molecule has 0 amide bonds. The quantitative estimate of drug-likeness (QED) is 0.0281. The number of hydrogen-bond donors (Lipinski definition) is 1. The van der Waals surface area contributed by atoms with Crippen LogP contribution in [-0.4, -0.2) is 75.6 Å². The van der Waals surface area contributed by atoms with Gasteiger partial charge in [0, 0.05) is 13.0 Å². The lowest BCUT2D eigenvalue weighted by Gasteiger charge is -2.24. The van der Waals surface area contributed by atoms with E-state index in [9.17, 15) is 14.3 Å². The number of carbonyl (C=O) groups excluding carboxylic acids is 1. The van der Waals surface area contributed by atoms with Gasteiger partial charge < -0.3 is 18.9 Å². The molecule has 2 unspecified atom stereocenters. The molecule has 1 N–H and O–H groups in total. The van der Waals surface area contributed by atoms with Crippen LogP contribution in [0.1, 0.15) is 303 Å². The first-order chi connectivity index (χ1) is 32.1. The van der Waals surface area contributed by atoms with Crippen molar-refractivity contribution in [3.63, 3.8) is 0 Å². The van der Waals surface area contributed by atoms with Crippen LogP contribution in [0.15, 0.2) is 0 Å². The molecular formula is C57H117NO7P+. The standard InChI is InChI=1S/C57H116NO7P/c1-6-8-10-12-14-16-18-20-22-24-26-28-29-30-31-33-35-37-39-41-43-45-47-49-52-62-54-56(55-64-66(60,61)63-53-51-58(3,4)5)65-57(59)50-48-46-44-42-40-38-36-34-32-27-25-23-21-19-17-15-13-11-9-7-2/h56H,6-55H2,1-5H3/p+1. The van der Waals surface area contributed by atoms with Crippen molar-refractivity contribution in [3.05, 3.63) is 0 Å². The van der Waals surface area contributed by atoms with Gasteiger partial charge in [-0.05, 0) is 12.8 Å². The summed E-state index contributed by atoms with van der Waals surface area (Å²) in [5.41, 5.74) is 0. The SMILES string of the molecule is CCCCCCCCCCCCCCCCCCCCCCCCCCOCC(COP(=O)(O)OCC[N+](C)(C)C)OC(=O)CCCCCCCCCCCCCCCCCCCCCC. The number of rotatable bonds is 56. The molecule has 66 heavy (non-hydrogen) atoms. The fourth-order valence-corrected chi connectivity index (χ4v) is 9.65. The zero-order chi connectivity index (χ0) is 48.3. The van der Waals surface area contributed by atoms with E-state index >= 15 is 0 Å². The van der Waals surface area contributed by atoms with E-state index in [0.29, 0.717) is 24.1 Å². The molecule has 0 aromatic rings. The van der Waals surface area contributed by atoms with Crippen LogP contribution in [0.2, 0.25) is 0 Å². The fourth-order valence-electron chi connectivity index (χ4n) is 8.91. The highest BCUT2D eigenvalue weighted by atomic mass is 31.2. The van der Waals surface area contributed by atoms with E-state index in [2.05, 4.69) is 13.8 Å². The third kappa shape index (κ3) is 54.4. The molecule has 0 aliphatic rings. The van der Waals surface area contributed by atoms with Crippen LogP contribution < -0.4 is 0 Å². The molecule has 0 aromatic carbocycles.